The lowest BCUT2D eigenvalue weighted by Gasteiger charge is -2.24. The van der Waals surface area contributed by atoms with Gasteiger partial charge in [0.15, 0.2) is 17.3 Å². The third-order valence-electron chi connectivity index (χ3n) is 4.41. The molecule has 7 heteroatoms. The van der Waals surface area contributed by atoms with Gasteiger partial charge in [-0.2, -0.15) is 0 Å². The van der Waals surface area contributed by atoms with Crippen molar-refractivity contribution in [1.82, 2.24) is 4.57 Å². The fourth-order valence-corrected chi connectivity index (χ4v) is 3.25. The van der Waals surface area contributed by atoms with E-state index in [9.17, 15) is 9.90 Å². The first-order valence-corrected chi connectivity index (χ1v) is 8.14. The van der Waals surface area contributed by atoms with E-state index >= 15 is 0 Å². The summed E-state index contributed by atoms with van der Waals surface area (Å²) in [7, 11) is 0. The Kier molecular flexibility index (Phi) is 4.24. The van der Waals surface area contributed by atoms with Crippen molar-refractivity contribution in [1.29, 1.82) is 0 Å². The van der Waals surface area contributed by atoms with Gasteiger partial charge in [0.05, 0.1) is 18.8 Å². The van der Waals surface area contributed by atoms with Gasteiger partial charge in [0, 0.05) is 12.3 Å². The van der Waals surface area contributed by atoms with E-state index in [-0.39, 0.29) is 24.1 Å². The minimum Gasteiger partial charge on any atom is -0.503 e. The van der Waals surface area contributed by atoms with Crippen molar-refractivity contribution in [2.75, 3.05) is 6.61 Å². The van der Waals surface area contributed by atoms with E-state index in [0.29, 0.717) is 18.8 Å². The number of hydrogen-bond acceptors (Lipinski definition) is 6. The van der Waals surface area contributed by atoms with E-state index in [1.165, 1.54) is 6.07 Å². The maximum atomic E-state index is 11.5. The summed E-state index contributed by atoms with van der Waals surface area (Å²) in [4.78, 5) is 11.5. The first-order valence-electron chi connectivity index (χ1n) is 8.14. The maximum absolute atomic E-state index is 11.5. The zero-order valence-corrected chi connectivity index (χ0v) is 14.7. The fraction of sp³-hybridized carbons (Fsp3) is 0.706. The molecular weight excluding hydrogens is 314 g/mol. The lowest BCUT2D eigenvalue weighted by atomic mass is 10.1. The van der Waals surface area contributed by atoms with E-state index in [0.717, 1.165) is 0 Å². The predicted molar refractivity (Wildman–Crippen MR) is 85.8 cm³/mol. The van der Waals surface area contributed by atoms with Crippen LogP contribution in [-0.2, 0) is 25.5 Å². The second-order valence-corrected chi connectivity index (χ2v) is 7.27. The van der Waals surface area contributed by atoms with Crippen LogP contribution in [0.2, 0.25) is 0 Å². The highest BCUT2D eigenvalue weighted by atomic mass is 16.8. The highest BCUT2D eigenvalue weighted by Gasteiger charge is 2.49. The van der Waals surface area contributed by atoms with Crippen LogP contribution in [0.4, 0.5) is 0 Å². The predicted octanol–water partition coefficient (Wildman–Crippen LogP) is 1.53. The Morgan fingerprint density at radius 1 is 1.21 bits per heavy atom. The van der Waals surface area contributed by atoms with Crippen molar-refractivity contribution in [2.45, 2.75) is 71.0 Å². The van der Waals surface area contributed by atoms with E-state index < -0.39 is 17.0 Å². The second kappa shape index (κ2) is 5.84. The van der Waals surface area contributed by atoms with Crippen LogP contribution in [0, 0.1) is 6.92 Å². The van der Waals surface area contributed by atoms with Crippen molar-refractivity contribution in [3.63, 3.8) is 0 Å². The van der Waals surface area contributed by atoms with Gasteiger partial charge in [-0.1, -0.05) is 0 Å². The normalized spacial score (nSPS) is 31.5. The van der Waals surface area contributed by atoms with Gasteiger partial charge in [-0.05, 0) is 34.6 Å². The Hall–Kier alpha value is -1.41. The quantitative estimate of drug-likeness (QED) is 0.900. The summed E-state index contributed by atoms with van der Waals surface area (Å²) in [5.41, 5.74) is 0.108. The third-order valence-corrected chi connectivity index (χ3v) is 4.41. The number of pyridine rings is 1. The van der Waals surface area contributed by atoms with E-state index in [4.69, 9.17) is 18.9 Å². The average molecular weight is 339 g/mol. The van der Waals surface area contributed by atoms with Crippen LogP contribution in [-0.4, -0.2) is 46.2 Å². The Labute approximate surface area is 141 Å². The molecule has 24 heavy (non-hydrogen) atoms. The Morgan fingerprint density at radius 2 is 1.92 bits per heavy atom. The lowest BCUT2D eigenvalue weighted by molar-refractivity contribution is -0.174. The van der Waals surface area contributed by atoms with Crippen LogP contribution in [0.5, 0.6) is 5.75 Å². The smallest absolute Gasteiger partial charge is 0.223 e. The lowest BCUT2D eigenvalue weighted by Crippen LogP contribution is -2.40. The van der Waals surface area contributed by atoms with Crippen LogP contribution in [0.1, 0.15) is 33.4 Å². The molecule has 2 saturated heterocycles. The molecule has 1 aromatic rings. The monoisotopic (exact) mass is 339 g/mol. The molecule has 1 aromatic heterocycles. The molecule has 1 N–H and O–H groups in total. The van der Waals surface area contributed by atoms with E-state index in [2.05, 4.69) is 0 Å². The topological polar surface area (TPSA) is 79.2 Å². The Morgan fingerprint density at radius 3 is 2.54 bits per heavy atom. The standard InChI is InChI=1S/C17H25NO6/c1-10-14(20)11(19)6-7-18(10)8-12-15(24-17(4,5)22-12)13-9-21-16(2,3)23-13/h6-7,12-13,15,20H,8-9H2,1-5H3/t12-,13+,15+/m0/s1. The summed E-state index contributed by atoms with van der Waals surface area (Å²) in [6, 6.07) is 1.34. The molecule has 0 amide bonds. The van der Waals surface area contributed by atoms with Crippen molar-refractivity contribution in [3.05, 3.63) is 28.2 Å². The zero-order valence-electron chi connectivity index (χ0n) is 14.7. The van der Waals surface area contributed by atoms with Gasteiger partial charge >= 0.3 is 0 Å². The van der Waals surface area contributed by atoms with Gasteiger partial charge in [0.25, 0.3) is 0 Å². The highest BCUT2D eigenvalue weighted by molar-refractivity contribution is 5.25. The summed E-state index contributed by atoms with van der Waals surface area (Å²) < 4.78 is 25.4. The maximum Gasteiger partial charge on any atom is 0.223 e. The summed E-state index contributed by atoms with van der Waals surface area (Å²) in [6.07, 6.45) is 0.824. The van der Waals surface area contributed by atoms with Gasteiger partial charge in [-0.15, -0.1) is 0 Å². The summed E-state index contributed by atoms with van der Waals surface area (Å²) in [5, 5.41) is 9.86. The minimum absolute atomic E-state index is 0.236. The largest absolute Gasteiger partial charge is 0.503 e. The molecule has 2 aliphatic rings. The van der Waals surface area contributed by atoms with Crippen LogP contribution in [0.25, 0.3) is 0 Å². The molecule has 2 aliphatic heterocycles. The zero-order chi connectivity index (χ0) is 17.7. The molecule has 0 aliphatic carbocycles. The van der Waals surface area contributed by atoms with Crippen LogP contribution < -0.4 is 5.43 Å². The molecule has 0 radical (unpaired) electrons. The number of nitrogens with zero attached hydrogens (tertiary/aromatic N) is 1. The van der Waals surface area contributed by atoms with Crippen LogP contribution >= 0.6 is 0 Å². The molecule has 7 nitrogen and oxygen atoms in total. The van der Waals surface area contributed by atoms with Crippen molar-refractivity contribution < 1.29 is 24.1 Å². The van der Waals surface area contributed by atoms with E-state index in [1.807, 2.05) is 27.7 Å². The average Bonchev–Trinajstić information content (AvgIpc) is 2.98. The summed E-state index contributed by atoms with van der Waals surface area (Å²) >= 11 is 0. The molecule has 2 fully saturated rings. The molecule has 3 atom stereocenters. The Bertz CT molecular complexity index is 680. The number of ether oxygens (including phenoxy) is 4. The number of aromatic hydroxyl groups is 1. The molecule has 0 aromatic carbocycles. The number of rotatable bonds is 3. The number of hydrogen-bond donors (Lipinski definition) is 1. The van der Waals surface area contributed by atoms with E-state index in [1.54, 1.807) is 17.7 Å². The molecule has 3 heterocycles. The highest BCUT2D eigenvalue weighted by Crippen LogP contribution is 2.36. The molecular formula is C17H25NO6. The molecule has 0 saturated carbocycles. The fourth-order valence-electron chi connectivity index (χ4n) is 3.25. The first-order chi connectivity index (χ1) is 11.1. The SMILES string of the molecule is Cc1c(O)c(=O)ccn1C[C@@H]1OC(C)(C)O[C@H]1[C@H]1COC(C)(C)O1. The summed E-state index contributed by atoms with van der Waals surface area (Å²) in [5.74, 6) is -1.62. The van der Waals surface area contributed by atoms with Gasteiger partial charge in [-0.3, -0.25) is 4.79 Å². The summed E-state index contributed by atoms with van der Waals surface area (Å²) in [6.45, 7) is 10.0. The molecule has 3 rings (SSSR count). The number of aromatic nitrogens is 1. The van der Waals surface area contributed by atoms with Crippen molar-refractivity contribution in [3.8, 4) is 5.75 Å². The van der Waals surface area contributed by atoms with Gasteiger partial charge in [-0.25, -0.2) is 0 Å². The third kappa shape index (κ3) is 3.35. The molecule has 0 spiro atoms. The first kappa shape index (κ1) is 17.4. The molecule has 134 valence electrons. The van der Waals surface area contributed by atoms with Gasteiger partial charge in [0.1, 0.15) is 18.3 Å². The Balaban J connectivity index is 1.83. The van der Waals surface area contributed by atoms with Crippen molar-refractivity contribution >= 4 is 0 Å². The second-order valence-electron chi connectivity index (χ2n) is 7.27. The van der Waals surface area contributed by atoms with Crippen molar-refractivity contribution in [2.24, 2.45) is 0 Å². The minimum atomic E-state index is -0.736. The molecule has 0 unspecified atom stereocenters. The molecule has 0 bridgehead atoms. The van der Waals surface area contributed by atoms with Crippen LogP contribution in [0.15, 0.2) is 17.1 Å². The van der Waals surface area contributed by atoms with Crippen LogP contribution in [0.3, 0.4) is 0 Å². The van der Waals surface area contributed by atoms with Gasteiger partial charge < -0.3 is 28.6 Å². The van der Waals surface area contributed by atoms with Gasteiger partial charge in [0.2, 0.25) is 5.43 Å².